The lowest BCUT2D eigenvalue weighted by Gasteiger charge is -2.33. The first-order chi connectivity index (χ1) is 14.1. The second-order valence-electron chi connectivity index (χ2n) is 8.33. The first-order valence-corrected chi connectivity index (χ1v) is 10.8. The average molecular weight is 402 g/mol. The number of carbonyl (C=O) groups excluding carboxylic acids is 1. The smallest absolute Gasteiger partial charge is 0.272 e. The largest absolute Gasteiger partial charge is 0.381 e. The molecule has 0 bridgehead atoms. The molecule has 1 aliphatic carbocycles. The predicted molar refractivity (Wildman–Crippen MR) is 106 cm³/mol. The van der Waals surface area contributed by atoms with Gasteiger partial charge in [-0.2, -0.15) is 10.1 Å². The first-order valence-electron chi connectivity index (χ1n) is 10.8. The first kappa shape index (κ1) is 20.1. The van der Waals surface area contributed by atoms with Gasteiger partial charge in [-0.15, -0.1) is 0 Å². The van der Waals surface area contributed by atoms with Crippen LogP contribution in [-0.4, -0.2) is 50.5 Å². The molecule has 2 fully saturated rings. The van der Waals surface area contributed by atoms with Gasteiger partial charge in [-0.3, -0.25) is 9.48 Å². The molecule has 1 aliphatic heterocycles. The summed E-state index contributed by atoms with van der Waals surface area (Å²) in [5.74, 6) is 1.87. The number of hydrogen-bond donors (Lipinski definition) is 0. The van der Waals surface area contributed by atoms with E-state index in [0.717, 1.165) is 31.6 Å². The SMILES string of the molecule is Cc1cc(C(=O)N2CCCCC2c2nc(CCOCC3CCCC3)no2)n(C)n1. The van der Waals surface area contributed by atoms with Gasteiger partial charge in [-0.1, -0.05) is 18.0 Å². The van der Waals surface area contributed by atoms with Crippen LogP contribution in [0.5, 0.6) is 0 Å². The highest BCUT2D eigenvalue weighted by Crippen LogP contribution is 2.31. The minimum absolute atomic E-state index is 0.0301. The lowest BCUT2D eigenvalue weighted by atomic mass is 10.0. The lowest BCUT2D eigenvalue weighted by Crippen LogP contribution is -2.39. The fourth-order valence-electron chi connectivity index (χ4n) is 4.48. The number of aryl methyl sites for hydroxylation is 2. The Balaban J connectivity index is 1.37. The van der Waals surface area contributed by atoms with Gasteiger partial charge in [0, 0.05) is 26.6 Å². The summed E-state index contributed by atoms with van der Waals surface area (Å²) in [6.07, 6.45) is 8.73. The summed E-state index contributed by atoms with van der Waals surface area (Å²) in [6, 6.07) is 1.65. The number of rotatable bonds is 7. The summed E-state index contributed by atoms with van der Waals surface area (Å²) in [7, 11) is 1.80. The van der Waals surface area contributed by atoms with Crippen molar-refractivity contribution in [3.8, 4) is 0 Å². The third-order valence-electron chi connectivity index (χ3n) is 6.05. The van der Waals surface area contributed by atoms with Gasteiger partial charge >= 0.3 is 0 Å². The zero-order valence-corrected chi connectivity index (χ0v) is 17.5. The van der Waals surface area contributed by atoms with Gasteiger partial charge in [-0.05, 0) is 51.0 Å². The Kier molecular flexibility index (Phi) is 6.28. The number of piperidine rings is 1. The van der Waals surface area contributed by atoms with Crippen LogP contribution in [0, 0.1) is 12.8 Å². The van der Waals surface area contributed by atoms with Crippen molar-refractivity contribution in [1.82, 2.24) is 24.8 Å². The van der Waals surface area contributed by atoms with Gasteiger partial charge in [0.15, 0.2) is 5.82 Å². The second kappa shape index (κ2) is 9.07. The Bertz CT molecular complexity index is 824. The van der Waals surface area contributed by atoms with Crippen molar-refractivity contribution in [2.75, 3.05) is 19.8 Å². The van der Waals surface area contributed by atoms with Crippen LogP contribution in [0.2, 0.25) is 0 Å². The topological polar surface area (TPSA) is 86.3 Å². The highest BCUT2D eigenvalue weighted by atomic mass is 16.5. The summed E-state index contributed by atoms with van der Waals surface area (Å²) in [5.41, 5.74) is 1.43. The zero-order valence-electron chi connectivity index (χ0n) is 17.5. The van der Waals surface area contributed by atoms with Crippen LogP contribution in [0.3, 0.4) is 0 Å². The second-order valence-corrected chi connectivity index (χ2v) is 8.33. The van der Waals surface area contributed by atoms with E-state index in [1.165, 1.54) is 25.7 Å². The number of nitrogens with zero attached hydrogens (tertiary/aromatic N) is 5. The fraction of sp³-hybridized carbons (Fsp3) is 0.714. The number of ether oxygens (including phenoxy) is 1. The summed E-state index contributed by atoms with van der Waals surface area (Å²) < 4.78 is 13.0. The Morgan fingerprint density at radius 1 is 1.24 bits per heavy atom. The van der Waals surface area contributed by atoms with E-state index in [1.54, 1.807) is 11.7 Å². The van der Waals surface area contributed by atoms with E-state index in [9.17, 15) is 4.79 Å². The summed E-state index contributed by atoms with van der Waals surface area (Å²) >= 11 is 0. The van der Waals surface area contributed by atoms with E-state index in [2.05, 4.69) is 15.2 Å². The molecular weight excluding hydrogens is 370 g/mol. The number of amides is 1. The van der Waals surface area contributed by atoms with Crippen LogP contribution < -0.4 is 0 Å². The summed E-state index contributed by atoms with van der Waals surface area (Å²) in [6.45, 7) is 4.02. The molecule has 29 heavy (non-hydrogen) atoms. The number of aromatic nitrogens is 4. The average Bonchev–Trinajstić information content (AvgIpc) is 3.46. The van der Waals surface area contributed by atoms with Crippen molar-refractivity contribution in [3.63, 3.8) is 0 Å². The summed E-state index contributed by atoms with van der Waals surface area (Å²) in [5, 5.41) is 8.43. The molecule has 2 aromatic heterocycles. The molecule has 1 saturated carbocycles. The quantitative estimate of drug-likeness (QED) is 0.662. The Labute approximate surface area is 171 Å². The molecular formula is C21H31N5O3. The third kappa shape index (κ3) is 4.69. The highest BCUT2D eigenvalue weighted by Gasteiger charge is 2.33. The van der Waals surface area contributed by atoms with Gasteiger partial charge in [0.2, 0.25) is 5.89 Å². The van der Waals surface area contributed by atoms with Gasteiger partial charge in [-0.25, -0.2) is 0 Å². The molecule has 1 unspecified atom stereocenters. The van der Waals surface area contributed by atoms with E-state index >= 15 is 0 Å². The van der Waals surface area contributed by atoms with Gasteiger partial charge in [0.25, 0.3) is 5.91 Å². The molecule has 2 aromatic rings. The van der Waals surface area contributed by atoms with Gasteiger partial charge in [0.05, 0.1) is 12.3 Å². The standard InChI is InChI=1S/C21H31N5O3/c1-15-13-18(25(2)23-15)21(27)26-11-6-5-9-17(26)20-22-19(24-29-20)10-12-28-14-16-7-3-4-8-16/h13,16-17H,3-12,14H2,1-2H3. The zero-order chi connectivity index (χ0) is 20.2. The van der Waals surface area contributed by atoms with Crippen molar-refractivity contribution in [2.24, 2.45) is 13.0 Å². The number of likely N-dealkylation sites (tertiary alicyclic amines) is 1. The molecule has 8 nitrogen and oxygen atoms in total. The minimum atomic E-state index is -0.174. The fourth-order valence-corrected chi connectivity index (χ4v) is 4.48. The lowest BCUT2D eigenvalue weighted by molar-refractivity contribution is 0.0550. The van der Waals surface area contributed by atoms with Crippen molar-refractivity contribution in [2.45, 2.75) is 64.3 Å². The van der Waals surface area contributed by atoms with Crippen LogP contribution in [-0.2, 0) is 18.2 Å². The van der Waals surface area contributed by atoms with E-state index in [0.29, 0.717) is 42.9 Å². The molecule has 3 heterocycles. The Morgan fingerprint density at radius 3 is 2.79 bits per heavy atom. The molecule has 0 spiro atoms. The number of carbonyl (C=O) groups is 1. The maximum absolute atomic E-state index is 13.1. The molecule has 1 atom stereocenters. The molecule has 0 radical (unpaired) electrons. The number of hydrogen-bond acceptors (Lipinski definition) is 6. The third-order valence-corrected chi connectivity index (χ3v) is 6.05. The molecule has 8 heteroatoms. The monoisotopic (exact) mass is 401 g/mol. The van der Waals surface area contributed by atoms with Crippen molar-refractivity contribution < 1.29 is 14.1 Å². The van der Waals surface area contributed by atoms with Crippen LogP contribution in [0.4, 0.5) is 0 Å². The van der Waals surface area contributed by atoms with Crippen LogP contribution in [0.1, 0.15) is 78.9 Å². The van der Waals surface area contributed by atoms with E-state index in [4.69, 9.17) is 9.26 Å². The summed E-state index contributed by atoms with van der Waals surface area (Å²) in [4.78, 5) is 19.6. The molecule has 1 amide bonds. The normalized spacial score (nSPS) is 20.5. The van der Waals surface area contributed by atoms with Crippen molar-refractivity contribution >= 4 is 5.91 Å². The van der Waals surface area contributed by atoms with Crippen molar-refractivity contribution in [3.05, 3.63) is 29.2 Å². The van der Waals surface area contributed by atoms with Crippen LogP contribution in [0.15, 0.2) is 10.6 Å². The van der Waals surface area contributed by atoms with Crippen molar-refractivity contribution in [1.29, 1.82) is 0 Å². The molecule has 0 aromatic carbocycles. The molecule has 1 saturated heterocycles. The maximum atomic E-state index is 13.1. The Hall–Kier alpha value is -2.22. The Morgan fingerprint density at radius 2 is 2.03 bits per heavy atom. The van der Waals surface area contributed by atoms with Gasteiger partial charge in [0.1, 0.15) is 11.7 Å². The van der Waals surface area contributed by atoms with E-state index in [1.807, 2.05) is 17.9 Å². The predicted octanol–water partition coefficient (Wildman–Crippen LogP) is 3.23. The molecule has 0 N–H and O–H groups in total. The highest BCUT2D eigenvalue weighted by molar-refractivity contribution is 5.93. The maximum Gasteiger partial charge on any atom is 0.272 e. The van der Waals surface area contributed by atoms with E-state index < -0.39 is 0 Å². The molecule has 158 valence electrons. The molecule has 2 aliphatic rings. The minimum Gasteiger partial charge on any atom is -0.381 e. The molecule has 4 rings (SSSR count). The van der Waals surface area contributed by atoms with Gasteiger partial charge < -0.3 is 14.2 Å². The van der Waals surface area contributed by atoms with Crippen LogP contribution in [0.25, 0.3) is 0 Å². The van der Waals surface area contributed by atoms with E-state index in [-0.39, 0.29) is 11.9 Å². The van der Waals surface area contributed by atoms with Crippen LogP contribution >= 0.6 is 0 Å².